The van der Waals surface area contributed by atoms with E-state index in [2.05, 4.69) is 26.9 Å². The fourth-order valence-electron chi connectivity index (χ4n) is 3.32. The molecule has 24 heavy (non-hydrogen) atoms. The van der Waals surface area contributed by atoms with E-state index in [1.165, 1.54) is 0 Å². The lowest BCUT2D eigenvalue weighted by atomic mass is 10.1. The van der Waals surface area contributed by atoms with Crippen LogP contribution in [0.4, 0.5) is 0 Å². The van der Waals surface area contributed by atoms with Gasteiger partial charge < -0.3 is 9.30 Å². The summed E-state index contributed by atoms with van der Waals surface area (Å²) < 4.78 is 7.89. The fraction of sp³-hybridized carbons (Fsp3) is 0.389. The molecule has 0 aliphatic carbocycles. The summed E-state index contributed by atoms with van der Waals surface area (Å²) in [5, 5.41) is 8.78. The molecule has 3 aromatic rings. The van der Waals surface area contributed by atoms with Gasteiger partial charge in [-0.25, -0.2) is 4.98 Å². The zero-order valence-corrected chi connectivity index (χ0v) is 13.8. The number of imidazole rings is 1. The van der Waals surface area contributed by atoms with Gasteiger partial charge >= 0.3 is 0 Å². The third kappa shape index (κ3) is 2.85. The minimum Gasteiger partial charge on any atom is -0.381 e. The average molecular weight is 323 g/mol. The van der Waals surface area contributed by atoms with Crippen molar-refractivity contribution in [2.75, 3.05) is 13.2 Å². The first-order valence-corrected chi connectivity index (χ1v) is 8.39. The minimum atomic E-state index is 0.384. The number of nitrogens with zero attached hydrogens (tertiary/aromatic N) is 5. The average Bonchev–Trinajstić information content (AvgIpc) is 3.14. The Labute approximate surface area is 141 Å². The number of benzene rings is 1. The molecule has 1 aromatic carbocycles. The normalized spacial score (nSPS) is 18.5. The molecular formula is C18H21N5O. The Morgan fingerprint density at radius 3 is 2.79 bits per heavy atom. The van der Waals surface area contributed by atoms with Gasteiger partial charge in [0.15, 0.2) is 0 Å². The first kappa shape index (κ1) is 15.1. The highest BCUT2D eigenvalue weighted by molar-refractivity contribution is 5.76. The predicted molar refractivity (Wildman–Crippen MR) is 91.4 cm³/mol. The Morgan fingerprint density at radius 2 is 2.00 bits per heavy atom. The van der Waals surface area contributed by atoms with Gasteiger partial charge in [-0.1, -0.05) is 30.3 Å². The zero-order valence-electron chi connectivity index (χ0n) is 13.8. The molecule has 6 nitrogen and oxygen atoms in total. The van der Waals surface area contributed by atoms with E-state index in [0.717, 1.165) is 55.1 Å². The van der Waals surface area contributed by atoms with E-state index in [4.69, 9.17) is 9.72 Å². The standard InChI is InChI=1S/C18H21N5O/c1-22-20-12-16(21-22)18-17(14-6-3-2-4-7-14)19-13-23(18)15-8-5-10-24-11-9-15/h2-4,6-7,12-13,15H,5,8-11H2,1H3. The third-order valence-electron chi connectivity index (χ3n) is 4.50. The Kier molecular flexibility index (Phi) is 4.13. The Morgan fingerprint density at radius 1 is 1.12 bits per heavy atom. The molecule has 3 heterocycles. The molecule has 0 amide bonds. The van der Waals surface area contributed by atoms with Crippen LogP contribution in [0.2, 0.25) is 0 Å². The van der Waals surface area contributed by atoms with Crippen LogP contribution in [0.15, 0.2) is 42.9 Å². The summed E-state index contributed by atoms with van der Waals surface area (Å²) in [6, 6.07) is 10.6. The van der Waals surface area contributed by atoms with E-state index in [0.29, 0.717) is 6.04 Å². The van der Waals surface area contributed by atoms with Crippen LogP contribution in [0.3, 0.4) is 0 Å². The maximum atomic E-state index is 5.62. The van der Waals surface area contributed by atoms with Crippen LogP contribution in [0.25, 0.3) is 22.6 Å². The Bertz CT molecular complexity index is 800. The zero-order chi connectivity index (χ0) is 16.4. The first-order valence-electron chi connectivity index (χ1n) is 8.39. The van der Waals surface area contributed by atoms with Crippen molar-refractivity contribution in [3.63, 3.8) is 0 Å². The van der Waals surface area contributed by atoms with Crippen LogP contribution < -0.4 is 0 Å². The third-order valence-corrected chi connectivity index (χ3v) is 4.50. The van der Waals surface area contributed by atoms with E-state index >= 15 is 0 Å². The quantitative estimate of drug-likeness (QED) is 0.743. The van der Waals surface area contributed by atoms with Gasteiger partial charge in [0.05, 0.1) is 23.9 Å². The summed E-state index contributed by atoms with van der Waals surface area (Å²) in [5.41, 5.74) is 3.96. The van der Waals surface area contributed by atoms with Crippen LogP contribution in [0.1, 0.15) is 25.3 Å². The van der Waals surface area contributed by atoms with E-state index in [1.54, 1.807) is 4.80 Å². The van der Waals surface area contributed by atoms with Crippen molar-refractivity contribution >= 4 is 0 Å². The summed E-state index contributed by atoms with van der Waals surface area (Å²) in [4.78, 5) is 6.32. The fourth-order valence-corrected chi connectivity index (χ4v) is 3.32. The lowest BCUT2D eigenvalue weighted by molar-refractivity contribution is 0.142. The van der Waals surface area contributed by atoms with E-state index in [1.807, 2.05) is 37.8 Å². The molecule has 1 aliphatic heterocycles. The molecule has 0 saturated carbocycles. The molecular weight excluding hydrogens is 302 g/mol. The molecule has 0 spiro atoms. The summed E-state index contributed by atoms with van der Waals surface area (Å²) in [5.74, 6) is 0. The molecule has 0 bridgehead atoms. The van der Waals surface area contributed by atoms with Crippen molar-refractivity contribution in [1.82, 2.24) is 24.5 Å². The molecule has 1 fully saturated rings. The van der Waals surface area contributed by atoms with Gasteiger partial charge in [0.2, 0.25) is 0 Å². The lowest BCUT2D eigenvalue weighted by Crippen LogP contribution is -2.10. The van der Waals surface area contributed by atoms with Crippen LogP contribution in [-0.4, -0.2) is 37.8 Å². The van der Waals surface area contributed by atoms with Crippen LogP contribution in [0.5, 0.6) is 0 Å². The van der Waals surface area contributed by atoms with Crippen LogP contribution in [0, 0.1) is 0 Å². The topological polar surface area (TPSA) is 57.8 Å². The summed E-state index contributed by atoms with van der Waals surface area (Å²) in [6.07, 6.45) is 6.93. The monoisotopic (exact) mass is 323 g/mol. The molecule has 0 radical (unpaired) electrons. The molecule has 0 N–H and O–H groups in total. The first-order chi connectivity index (χ1) is 11.8. The number of hydrogen-bond donors (Lipinski definition) is 0. The van der Waals surface area contributed by atoms with Gasteiger partial charge in [0, 0.05) is 31.9 Å². The smallest absolute Gasteiger partial charge is 0.131 e. The highest BCUT2D eigenvalue weighted by Crippen LogP contribution is 2.34. The van der Waals surface area contributed by atoms with E-state index in [9.17, 15) is 0 Å². The molecule has 6 heteroatoms. The Hall–Kier alpha value is -2.47. The molecule has 1 unspecified atom stereocenters. The SMILES string of the molecule is Cn1ncc(-c2c(-c3ccccc3)ncn2C2CCCOCC2)n1. The molecule has 124 valence electrons. The van der Waals surface area contributed by atoms with Crippen LogP contribution in [-0.2, 0) is 11.8 Å². The van der Waals surface area contributed by atoms with Crippen molar-refractivity contribution in [2.24, 2.45) is 7.05 Å². The number of ether oxygens (including phenoxy) is 1. The summed E-state index contributed by atoms with van der Waals surface area (Å²) in [7, 11) is 1.84. The van der Waals surface area contributed by atoms with E-state index < -0.39 is 0 Å². The van der Waals surface area contributed by atoms with Gasteiger partial charge in [-0.2, -0.15) is 15.0 Å². The summed E-state index contributed by atoms with van der Waals surface area (Å²) >= 11 is 0. The largest absolute Gasteiger partial charge is 0.381 e. The molecule has 4 rings (SSSR count). The van der Waals surface area contributed by atoms with E-state index in [-0.39, 0.29) is 0 Å². The molecule has 2 aromatic heterocycles. The minimum absolute atomic E-state index is 0.384. The van der Waals surface area contributed by atoms with Crippen molar-refractivity contribution in [3.05, 3.63) is 42.9 Å². The second kappa shape index (κ2) is 6.57. The van der Waals surface area contributed by atoms with Gasteiger partial charge in [-0.15, -0.1) is 0 Å². The summed E-state index contributed by atoms with van der Waals surface area (Å²) in [6.45, 7) is 1.64. The van der Waals surface area contributed by atoms with Crippen molar-refractivity contribution in [1.29, 1.82) is 0 Å². The molecule has 1 saturated heterocycles. The van der Waals surface area contributed by atoms with Crippen molar-refractivity contribution < 1.29 is 4.74 Å². The molecule has 1 atom stereocenters. The Balaban J connectivity index is 1.83. The lowest BCUT2D eigenvalue weighted by Gasteiger charge is -2.18. The number of rotatable bonds is 3. The second-order valence-electron chi connectivity index (χ2n) is 6.13. The second-order valence-corrected chi connectivity index (χ2v) is 6.13. The van der Waals surface area contributed by atoms with Gasteiger partial charge in [0.25, 0.3) is 0 Å². The highest BCUT2D eigenvalue weighted by Gasteiger charge is 2.23. The van der Waals surface area contributed by atoms with Gasteiger partial charge in [-0.05, 0) is 19.3 Å². The van der Waals surface area contributed by atoms with Crippen LogP contribution >= 0.6 is 0 Å². The van der Waals surface area contributed by atoms with Gasteiger partial charge in [0.1, 0.15) is 5.69 Å². The number of hydrogen-bond acceptors (Lipinski definition) is 4. The predicted octanol–water partition coefficient (Wildman–Crippen LogP) is 3.09. The van der Waals surface area contributed by atoms with Crippen molar-refractivity contribution in [2.45, 2.75) is 25.3 Å². The maximum Gasteiger partial charge on any atom is 0.131 e. The van der Waals surface area contributed by atoms with Gasteiger partial charge in [-0.3, -0.25) is 0 Å². The highest BCUT2D eigenvalue weighted by atomic mass is 16.5. The number of aryl methyl sites for hydroxylation is 1. The number of aromatic nitrogens is 5. The maximum absolute atomic E-state index is 5.62. The molecule has 1 aliphatic rings. The van der Waals surface area contributed by atoms with Crippen molar-refractivity contribution in [3.8, 4) is 22.6 Å².